The molecule has 0 atom stereocenters. The highest BCUT2D eigenvalue weighted by atomic mass is 16.3. The van der Waals surface area contributed by atoms with Crippen LogP contribution in [0.3, 0.4) is 0 Å². The summed E-state index contributed by atoms with van der Waals surface area (Å²) in [5.41, 5.74) is 0.457. The minimum Gasteiger partial charge on any atom is -0.389 e. The molecule has 1 fully saturated rings. The van der Waals surface area contributed by atoms with E-state index in [0.29, 0.717) is 12.5 Å². The molecule has 1 aromatic rings. The van der Waals surface area contributed by atoms with Crippen molar-refractivity contribution in [1.82, 2.24) is 14.7 Å². The van der Waals surface area contributed by atoms with E-state index in [1.807, 2.05) is 16.9 Å². The number of rotatable bonds is 4. The van der Waals surface area contributed by atoms with Gasteiger partial charge in [-0.25, -0.2) is 0 Å². The third kappa shape index (κ3) is 3.12. The highest BCUT2D eigenvalue weighted by molar-refractivity contribution is 5.05. The Morgan fingerprint density at radius 2 is 2.06 bits per heavy atom. The number of hydrogen-bond acceptors (Lipinski definition) is 3. The molecule has 0 unspecified atom stereocenters. The summed E-state index contributed by atoms with van der Waals surface area (Å²) >= 11 is 0. The van der Waals surface area contributed by atoms with Gasteiger partial charge in [-0.15, -0.1) is 0 Å². The van der Waals surface area contributed by atoms with Crippen LogP contribution in [0, 0.1) is 0 Å². The molecule has 0 amide bonds. The first-order chi connectivity index (χ1) is 8.52. The summed E-state index contributed by atoms with van der Waals surface area (Å²) in [7, 11) is 0. The average molecular weight is 251 g/mol. The molecular weight excluding hydrogens is 226 g/mol. The van der Waals surface area contributed by atoms with Gasteiger partial charge in [0.1, 0.15) is 0 Å². The largest absolute Gasteiger partial charge is 0.389 e. The average Bonchev–Trinajstić information content (AvgIpc) is 2.78. The highest BCUT2D eigenvalue weighted by Crippen LogP contribution is 2.25. The zero-order valence-corrected chi connectivity index (χ0v) is 11.8. The Morgan fingerprint density at radius 1 is 1.39 bits per heavy atom. The van der Waals surface area contributed by atoms with Crippen LogP contribution in [-0.4, -0.2) is 45.0 Å². The summed E-state index contributed by atoms with van der Waals surface area (Å²) in [6, 6.07) is 2.42. The molecule has 1 N–H and O–H groups in total. The van der Waals surface area contributed by atoms with Crippen molar-refractivity contribution < 1.29 is 5.11 Å². The quantitative estimate of drug-likeness (QED) is 0.888. The predicted octanol–water partition coefficient (Wildman–Crippen LogP) is 1.85. The summed E-state index contributed by atoms with van der Waals surface area (Å²) in [6.07, 6.45) is 4.40. The first kappa shape index (κ1) is 13.6. The molecule has 1 aromatic heterocycles. The van der Waals surface area contributed by atoms with E-state index in [1.54, 1.807) is 0 Å². The molecule has 2 heterocycles. The van der Waals surface area contributed by atoms with Gasteiger partial charge in [-0.1, -0.05) is 6.92 Å². The van der Waals surface area contributed by atoms with Crippen LogP contribution >= 0.6 is 0 Å². The van der Waals surface area contributed by atoms with E-state index in [-0.39, 0.29) is 0 Å². The minimum atomic E-state index is -0.554. The second kappa shape index (κ2) is 5.41. The maximum absolute atomic E-state index is 10.6. The van der Waals surface area contributed by atoms with Gasteiger partial charge in [0.05, 0.1) is 11.3 Å². The van der Waals surface area contributed by atoms with Crippen LogP contribution in [0.4, 0.5) is 0 Å². The molecule has 1 saturated heterocycles. The van der Waals surface area contributed by atoms with Gasteiger partial charge in [-0.3, -0.25) is 4.68 Å². The molecular formula is C14H25N3O. The lowest BCUT2D eigenvalue weighted by molar-refractivity contribution is -0.0202. The molecule has 0 radical (unpaired) electrons. The highest BCUT2D eigenvalue weighted by Gasteiger charge is 2.32. The van der Waals surface area contributed by atoms with E-state index in [4.69, 9.17) is 0 Å². The van der Waals surface area contributed by atoms with E-state index in [0.717, 1.165) is 38.2 Å². The van der Waals surface area contributed by atoms with Crippen molar-refractivity contribution in [2.75, 3.05) is 19.6 Å². The Kier molecular flexibility index (Phi) is 4.07. The fourth-order valence-electron chi connectivity index (χ4n) is 2.56. The summed E-state index contributed by atoms with van der Waals surface area (Å²) in [5.74, 6) is 0. The van der Waals surface area contributed by atoms with Crippen LogP contribution in [-0.2, 0) is 6.42 Å². The lowest BCUT2D eigenvalue weighted by atomic mass is 9.87. The zero-order chi connectivity index (χ0) is 13.2. The lowest BCUT2D eigenvalue weighted by Gasteiger charge is -2.37. The Labute approximate surface area is 110 Å². The van der Waals surface area contributed by atoms with Crippen molar-refractivity contribution in [3.63, 3.8) is 0 Å². The standard InChI is InChI=1S/C14H25N3O/c1-4-16-9-6-14(18,7-10-16)11-13-5-8-17(15-13)12(2)3/h5,8,12,18H,4,6-7,9-11H2,1-3H3. The third-order valence-corrected chi connectivity index (χ3v) is 3.94. The zero-order valence-electron chi connectivity index (χ0n) is 11.8. The van der Waals surface area contributed by atoms with Gasteiger partial charge >= 0.3 is 0 Å². The monoisotopic (exact) mass is 251 g/mol. The SMILES string of the molecule is CCN1CCC(O)(Cc2ccn(C(C)C)n2)CC1. The second-order valence-corrected chi connectivity index (χ2v) is 5.72. The predicted molar refractivity (Wildman–Crippen MR) is 72.6 cm³/mol. The van der Waals surface area contributed by atoms with E-state index in [2.05, 4.69) is 30.8 Å². The van der Waals surface area contributed by atoms with Gasteiger partial charge in [-0.2, -0.15) is 5.10 Å². The molecule has 1 aliphatic rings. The van der Waals surface area contributed by atoms with Crippen LogP contribution in [0.5, 0.6) is 0 Å². The van der Waals surface area contributed by atoms with Gasteiger partial charge in [0.25, 0.3) is 0 Å². The van der Waals surface area contributed by atoms with Gasteiger partial charge in [-0.05, 0) is 39.3 Å². The van der Waals surface area contributed by atoms with E-state index < -0.39 is 5.60 Å². The minimum absolute atomic E-state index is 0.385. The third-order valence-electron chi connectivity index (χ3n) is 3.94. The fourth-order valence-corrected chi connectivity index (χ4v) is 2.56. The van der Waals surface area contributed by atoms with Crippen molar-refractivity contribution in [3.8, 4) is 0 Å². The van der Waals surface area contributed by atoms with Gasteiger partial charge in [0, 0.05) is 31.7 Å². The number of likely N-dealkylation sites (tertiary alicyclic amines) is 1. The number of piperidine rings is 1. The first-order valence-corrected chi connectivity index (χ1v) is 7.01. The first-order valence-electron chi connectivity index (χ1n) is 7.01. The normalized spacial score (nSPS) is 20.5. The van der Waals surface area contributed by atoms with Crippen LogP contribution in [0.1, 0.15) is 45.3 Å². The second-order valence-electron chi connectivity index (χ2n) is 5.72. The number of hydrogen-bond donors (Lipinski definition) is 1. The molecule has 0 bridgehead atoms. The number of aliphatic hydroxyl groups is 1. The molecule has 2 rings (SSSR count). The molecule has 4 heteroatoms. The van der Waals surface area contributed by atoms with E-state index in [1.165, 1.54) is 0 Å². The van der Waals surface area contributed by atoms with Crippen molar-refractivity contribution in [2.24, 2.45) is 0 Å². The topological polar surface area (TPSA) is 41.3 Å². The Hall–Kier alpha value is -0.870. The van der Waals surface area contributed by atoms with E-state index >= 15 is 0 Å². The van der Waals surface area contributed by atoms with Gasteiger partial charge < -0.3 is 10.0 Å². The summed E-state index contributed by atoms with van der Waals surface area (Å²) in [5, 5.41) is 15.1. The van der Waals surface area contributed by atoms with Crippen molar-refractivity contribution in [3.05, 3.63) is 18.0 Å². The van der Waals surface area contributed by atoms with Crippen LogP contribution in [0.2, 0.25) is 0 Å². The van der Waals surface area contributed by atoms with E-state index in [9.17, 15) is 5.11 Å². The molecule has 0 saturated carbocycles. The Morgan fingerprint density at radius 3 is 2.56 bits per heavy atom. The smallest absolute Gasteiger partial charge is 0.0728 e. The molecule has 18 heavy (non-hydrogen) atoms. The molecule has 0 spiro atoms. The van der Waals surface area contributed by atoms with Crippen LogP contribution < -0.4 is 0 Å². The summed E-state index contributed by atoms with van der Waals surface area (Å²) < 4.78 is 1.96. The van der Waals surface area contributed by atoms with Crippen molar-refractivity contribution >= 4 is 0 Å². The maximum atomic E-state index is 10.6. The molecule has 4 nitrogen and oxygen atoms in total. The maximum Gasteiger partial charge on any atom is 0.0728 e. The Bertz CT molecular complexity index is 378. The number of nitrogens with zero attached hydrogens (tertiary/aromatic N) is 3. The lowest BCUT2D eigenvalue weighted by Crippen LogP contribution is -2.45. The molecule has 1 aliphatic heterocycles. The van der Waals surface area contributed by atoms with Crippen LogP contribution in [0.15, 0.2) is 12.3 Å². The molecule has 102 valence electrons. The summed E-state index contributed by atoms with van der Waals surface area (Å²) in [6.45, 7) is 9.49. The molecule has 0 aromatic carbocycles. The summed E-state index contributed by atoms with van der Waals surface area (Å²) in [4.78, 5) is 2.39. The van der Waals surface area contributed by atoms with Crippen molar-refractivity contribution in [2.45, 2.75) is 51.7 Å². The Balaban J connectivity index is 1.95. The van der Waals surface area contributed by atoms with Crippen LogP contribution in [0.25, 0.3) is 0 Å². The van der Waals surface area contributed by atoms with Crippen molar-refractivity contribution in [1.29, 1.82) is 0 Å². The van der Waals surface area contributed by atoms with Gasteiger partial charge in [0.2, 0.25) is 0 Å². The van der Waals surface area contributed by atoms with Gasteiger partial charge in [0.15, 0.2) is 0 Å². The fraction of sp³-hybridized carbons (Fsp3) is 0.786. The molecule has 0 aliphatic carbocycles. The number of aromatic nitrogens is 2.